The van der Waals surface area contributed by atoms with E-state index in [1.54, 1.807) is 30.2 Å². The number of nitrogens with zero attached hydrogens (tertiary/aromatic N) is 1. The normalized spacial score (nSPS) is 10.4. The zero-order valence-corrected chi connectivity index (χ0v) is 15.1. The van der Waals surface area contributed by atoms with E-state index in [-0.39, 0.29) is 24.0 Å². The van der Waals surface area contributed by atoms with Crippen molar-refractivity contribution < 1.29 is 24.5 Å². The average Bonchev–Trinajstić information content (AvgIpc) is 2.66. The molecule has 0 aliphatic heterocycles. The summed E-state index contributed by atoms with van der Waals surface area (Å²) >= 11 is 0. The molecule has 0 aromatic heterocycles. The molecule has 0 atom stereocenters. The first-order valence-corrected chi connectivity index (χ1v) is 8.59. The third-order valence-electron chi connectivity index (χ3n) is 3.98. The molecule has 2 rings (SSSR count). The van der Waals surface area contributed by atoms with Crippen molar-refractivity contribution in [2.45, 2.75) is 19.8 Å². The zero-order valence-electron chi connectivity index (χ0n) is 15.1. The van der Waals surface area contributed by atoms with E-state index in [1.165, 1.54) is 12.1 Å². The molecule has 26 heavy (non-hydrogen) atoms. The molecule has 140 valence electrons. The molecule has 0 aliphatic rings. The predicted molar refractivity (Wildman–Crippen MR) is 98.8 cm³/mol. The number of benzene rings is 2. The van der Waals surface area contributed by atoms with Gasteiger partial charge in [0, 0.05) is 13.1 Å². The quantitative estimate of drug-likeness (QED) is 0.673. The summed E-state index contributed by atoms with van der Waals surface area (Å²) in [4.78, 5) is 14.3. The molecule has 0 aliphatic carbocycles. The van der Waals surface area contributed by atoms with Gasteiger partial charge in [0.2, 0.25) is 0 Å². The Morgan fingerprint density at radius 2 is 1.77 bits per heavy atom. The largest absolute Gasteiger partial charge is 0.504 e. The molecule has 6 heteroatoms. The number of hydrogen-bond acceptors (Lipinski definition) is 5. The van der Waals surface area contributed by atoms with E-state index in [9.17, 15) is 15.0 Å². The Hall–Kier alpha value is -2.89. The van der Waals surface area contributed by atoms with E-state index in [2.05, 4.69) is 0 Å². The highest BCUT2D eigenvalue weighted by Crippen LogP contribution is 2.26. The molecule has 1 amide bonds. The molecule has 6 nitrogen and oxygen atoms in total. The fourth-order valence-electron chi connectivity index (χ4n) is 2.59. The summed E-state index contributed by atoms with van der Waals surface area (Å²) in [5, 5.41) is 18.9. The topological polar surface area (TPSA) is 79.2 Å². The summed E-state index contributed by atoms with van der Waals surface area (Å²) < 4.78 is 10.8. The van der Waals surface area contributed by atoms with E-state index in [0.717, 1.165) is 12.0 Å². The molecule has 0 heterocycles. The van der Waals surface area contributed by atoms with E-state index < -0.39 is 0 Å². The van der Waals surface area contributed by atoms with E-state index in [4.69, 9.17) is 9.47 Å². The van der Waals surface area contributed by atoms with Crippen LogP contribution in [0.1, 0.15) is 18.9 Å². The first-order chi connectivity index (χ1) is 12.5. The Bertz CT molecular complexity index is 732. The van der Waals surface area contributed by atoms with Gasteiger partial charge in [0.15, 0.2) is 29.6 Å². The number of carbonyl (C=O) groups is 1. The third-order valence-corrected chi connectivity index (χ3v) is 3.98. The number of rotatable bonds is 9. The summed E-state index contributed by atoms with van der Waals surface area (Å²) in [6.45, 7) is 3.07. The number of aromatic hydroxyl groups is 2. The minimum absolute atomic E-state index is 0.0683. The van der Waals surface area contributed by atoms with Gasteiger partial charge in [-0.2, -0.15) is 0 Å². The van der Waals surface area contributed by atoms with Crippen molar-refractivity contribution in [1.82, 2.24) is 4.90 Å². The molecule has 2 aromatic carbocycles. The van der Waals surface area contributed by atoms with Crippen LogP contribution in [0.3, 0.4) is 0 Å². The molecule has 0 bridgehead atoms. The summed E-state index contributed by atoms with van der Waals surface area (Å²) in [7, 11) is 1.56. The van der Waals surface area contributed by atoms with Gasteiger partial charge in [0.25, 0.3) is 5.91 Å². The molecular formula is C20H25NO5. The summed E-state index contributed by atoms with van der Waals surface area (Å²) in [5.41, 5.74) is 0.847. The molecule has 0 fully saturated rings. The van der Waals surface area contributed by atoms with Gasteiger partial charge >= 0.3 is 0 Å². The first-order valence-electron chi connectivity index (χ1n) is 8.59. The van der Waals surface area contributed by atoms with Gasteiger partial charge in [-0.15, -0.1) is 0 Å². The van der Waals surface area contributed by atoms with Crippen LogP contribution >= 0.6 is 0 Å². The minimum atomic E-state index is -0.157. The highest BCUT2D eigenvalue weighted by Gasteiger charge is 2.15. The molecule has 2 aromatic rings. The molecule has 0 spiro atoms. The summed E-state index contributed by atoms with van der Waals surface area (Å²) in [6, 6.07) is 11.9. The highest BCUT2D eigenvalue weighted by molar-refractivity contribution is 5.77. The first kappa shape index (κ1) is 19.4. The molecular weight excluding hydrogens is 334 g/mol. The fourth-order valence-corrected chi connectivity index (χ4v) is 2.59. The summed E-state index contributed by atoms with van der Waals surface area (Å²) in [5.74, 6) is 0.696. The van der Waals surface area contributed by atoms with Crippen molar-refractivity contribution in [3.05, 3.63) is 48.0 Å². The van der Waals surface area contributed by atoms with Crippen molar-refractivity contribution in [3.8, 4) is 23.0 Å². The van der Waals surface area contributed by atoms with Gasteiger partial charge in [-0.3, -0.25) is 4.79 Å². The molecule has 0 radical (unpaired) electrons. The van der Waals surface area contributed by atoms with Crippen molar-refractivity contribution in [2.24, 2.45) is 0 Å². The van der Waals surface area contributed by atoms with Crippen LogP contribution in [-0.2, 0) is 11.2 Å². The smallest absolute Gasteiger partial charge is 0.260 e. The summed E-state index contributed by atoms with van der Waals surface area (Å²) in [6.07, 6.45) is 1.41. The van der Waals surface area contributed by atoms with Gasteiger partial charge in [0.05, 0.1) is 7.11 Å². The molecule has 0 unspecified atom stereocenters. The van der Waals surface area contributed by atoms with Crippen molar-refractivity contribution >= 4 is 5.91 Å². The van der Waals surface area contributed by atoms with Crippen LogP contribution in [0.4, 0.5) is 0 Å². The number of methoxy groups -OCH3 is 1. The van der Waals surface area contributed by atoms with Crippen molar-refractivity contribution in [1.29, 1.82) is 0 Å². The average molecular weight is 359 g/mol. The van der Waals surface area contributed by atoms with Gasteiger partial charge in [-0.25, -0.2) is 0 Å². The maximum Gasteiger partial charge on any atom is 0.260 e. The van der Waals surface area contributed by atoms with Crippen LogP contribution in [-0.4, -0.2) is 47.8 Å². The Labute approximate surface area is 153 Å². The SMILES string of the molecule is CCCN(CCc1ccc(O)c(O)c1)C(=O)COc1ccccc1OC. The van der Waals surface area contributed by atoms with Crippen molar-refractivity contribution in [3.63, 3.8) is 0 Å². The van der Waals surface area contributed by atoms with Crippen LogP contribution in [0.5, 0.6) is 23.0 Å². The lowest BCUT2D eigenvalue weighted by Crippen LogP contribution is -2.37. The Morgan fingerprint density at radius 3 is 2.42 bits per heavy atom. The number of phenols is 2. The minimum Gasteiger partial charge on any atom is -0.504 e. The third kappa shape index (κ3) is 5.31. The second kappa shape index (κ2) is 9.56. The molecule has 0 saturated carbocycles. The number of para-hydroxylation sites is 2. The number of hydrogen-bond donors (Lipinski definition) is 2. The maximum absolute atomic E-state index is 12.5. The highest BCUT2D eigenvalue weighted by atomic mass is 16.5. The predicted octanol–water partition coefficient (Wildman–Crippen LogP) is 2.97. The van der Waals surface area contributed by atoms with Crippen LogP contribution in [0, 0.1) is 0 Å². The van der Waals surface area contributed by atoms with Crippen LogP contribution in [0.2, 0.25) is 0 Å². The zero-order chi connectivity index (χ0) is 18.9. The monoisotopic (exact) mass is 359 g/mol. The lowest BCUT2D eigenvalue weighted by atomic mass is 10.1. The van der Waals surface area contributed by atoms with Crippen LogP contribution in [0.25, 0.3) is 0 Å². The maximum atomic E-state index is 12.5. The van der Waals surface area contributed by atoms with Gasteiger partial charge in [0.1, 0.15) is 0 Å². The van der Waals surface area contributed by atoms with Crippen molar-refractivity contribution in [2.75, 3.05) is 26.8 Å². The standard InChI is InChI=1S/C20H25NO5/c1-3-11-21(12-10-15-8-9-16(22)17(23)13-15)20(24)14-26-19-7-5-4-6-18(19)25-2/h4-9,13,22-23H,3,10-12,14H2,1-2H3. The van der Waals surface area contributed by atoms with Gasteiger partial charge in [-0.1, -0.05) is 25.1 Å². The molecule has 0 saturated heterocycles. The second-order valence-electron chi connectivity index (χ2n) is 5.89. The Balaban J connectivity index is 1.94. The Morgan fingerprint density at radius 1 is 1.04 bits per heavy atom. The fraction of sp³-hybridized carbons (Fsp3) is 0.350. The van der Waals surface area contributed by atoms with E-state index in [0.29, 0.717) is 31.0 Å². The second-order valence-corrected chi connectivity index (χ2v) is 5.89. The Kier molecular flexibility index (Phi) is 7.14. The van der Waals surface area contributed by atoms with Gasteiger partial charge in [-0.05, 0) is 42.7 Å². The van der Waals surface area contributed by atoms with E-state index in [1.807, 2.05) is 19.1 Å². The number of ether oxygens (including phenoxy) is 2. The van der Waals surface area contributed by atoms with Crippen LogP contribution in [0.15, 0.2) is 42.5 Å². The molecule has 2 N–H and O–H groups in total. The lowest BCUT2D eigenvalue weighted by Gasteiger charge is -2.22. The number of carbonyl (C=O) groups excluding carboxylic acids is 1. The van der Waals surface area contributed by atoms with Gasteiger partial charge < -0.3 is 24.6 Å². The number of amides is 1. The lowest BCUT2D eigenvalue weighted by molar-refractivity contribution is -0.133. The number of phenolic OH excluding ortho intramolecular Hbond substituents is 2. The van der Waals surface area contributed by atoms with E-state index >= 15 is 0 Å². The van der Waals surface area contributed by atoms with Crippen LogP contribution < -0.4 is 9.47 Å².